The second kappa shape index (κ2) is 12.3. The number of fused-ring (bicyclic) bond motifs is 1. The summed E-state index contributed by atoms with van der Waals surface area (Å²) in [7, 11) is 1.82. The van der Waals surface area contributed by atoms with E-state index >= 15 is 0 Å². The Morgan fingerprint density at radius 1 is 1.09 bits per heavy atom. The Labute approximate surface area is 207 Å². The number of rotatable bonds is 8. The van der Waals surface area contributed by atoms with E-state index < -0.39 is 0 Å². The Morgan fingerprint density at radius 2 is 1.91 bits per heavy atom. The third kappa shape index (κ3) is 6.26. The normalized spacial score (nSPS) is 16.0. The largest absolute Gasteiger partial charge is 0.465 e. The van der Waals surface area contributed by atoms with Crippen molar-refractivity contribution < 1.29 is 9.15 Å². The summed E-state index contributed by atoms with van der Waals surface area (Å²) in [6, 6.07) is 14.9. The van der Waals surface area contributed by atoms with Crippen LogP contribution >= 0.6 is 24.0 Å². The van der Waals surface area contributed by atoms with Crippen LogP contribution in [0.2, 0.25) is 0 Å². The number of ether oxygens (including phenoxy) is 1. The number of aromatic nitrogens is 1. The van der Waals surface area contributed by atoms with E-state index in [1.165, 1.54) is 10.9 Å². The van der Waals surface area contributed by atoms with Crippen molar-refractivity contribution in [3.63, 3.8) is 0 Å². The van der Waals surface area contributed by atoms with Gasteiger partial charge in [0.05, 0.1) is 19.3 Å². The zero-order valence-electron chi connectivity index (χ0n) is 18.9. The van der Waals surface area contributed by atoms with Gasteiger partial charge in [0.25, 0.3) is 0 Å². The molecule has 0 saturated carbocycles. The van der Waals surface area contributed by atoms with Crippen molar-refractivity contribution in [2.75, 3.05) is 46.4 Å². The van der Waals surface area contributed by atoms with Gasteiger partial charge in [0, 0.05) is 51.5 Å². The molecule has 0 aliphatic carbocycles. The van der Waals surface area contributed by atoms with Gasteiger partial charge < -0.3 is 24.4 Å². The number of halogens is 1. The predicted octanol–water partition coefficient (Wildman–Crippen LogP) is 3.79. The minimum absolute atomic E-state index is 0. The molecule has 174 valence electrons. The Hall–Kier alpha value is -2.04. The number of para-hydroxylation sites is 1. The van der Waals surface area contributed by atoms with Crippen LogP contribution in [0.4, 0.5) is 0 Å². The SMILES string of the molecule is CN=C(NCCCn1ccc2ccccc21)NCC(c1ccc(C)o1)N1CCOCC1.I. The molecule has 1 unspecified atom stereocenters. The van der Waals surface area contributed by atoms with Crippen LogP contribution in [0, 0.1) is 6.92 Å². The molecule has 1 fully saturated rings. The molecule has 2 N–H and O–H groups in total. The molecular weight excluding hydrogens is 517 g/mol. The number of nitrogens with one attached hydrogen (secondary N) is 2. The van der Waals surface area contributed by atoms with Gasteiger partial charge in [-0.1, -0.05) is 18.2 Å². The lowest BCUT2D eigenvalue weighted by atomic mass is 10.1. The van der Waals surface area contributed by atoms with E-state index in [0.29, 0.717) is 0 Å². The van der Waals surface area contributed by atoms with Crippen molar-refractivity contribution in [1.82, 2.24) is 20.1 Å². The summed E-state index contributed by atoms with van der Waals surface area (Å²) in [5.41, 5.74) is 1.28. The molecule has 0 spiro atoms. The molecule has 3 aromatic rings. The van der Waals surface area contributed by atoms with E-state index in [9.17, 15) is 0 Å². The highest BCUT2D eigenvalue weighted by atomic mass is 127. The molecule has 8 heteroatoms. The Morgan fingerprint density at radius 3 is 2.66 bits per heavy atom. The van der Waals surface area contributed by atoms with Crippen molar-refractivity contribution in [1.29, 1.82) is 0 Å². The minimum atomic E-state index is 0. The molecule has 3 heterocycles. The van der Waals surface area contributed by atoms with Crippen LogP contribution in [0.15, 0.2) is 58.1 Å². The minimum Gasteiger partial charge on any atom is -0.465 e. The first-order valence-corrected chi connectivity index (χ1v) is 11.1. The molecular formula is C24H34IN5O2. The lowest BCUT2D eigenvalue weighted by molar-refractivity contribution is 0.0124. The number of aryl methyl sites for hydroxylation is 2. The zero-order chi connectivity index (χ0) is 21.5. The fourth-order valence-corrected chi connectivity index (χ4v) is 4.14. The second-order valence-electron chi connectivity index (χ2n) is 7.91. The number of aliphatic imine (C=N–C) groups is 1. The van der Waals surface area contributed by atoms with Crippen molar-refractivity contribution >= 4 is 40.8 Å². The standard InChI is InChI=1S/C24H33N5O2.HI/c1-19-8-9-23(31-19)22(29-14-16-30-17-15-29)18-27-24(25-2)26-11-5-12-28-13-10-20-6-3-4-7-21(20)28;/h3-4,6-10,13,22H,5,11-12,14-18H2,1-2H3,(H2,25,26,27);1H. The van der Waals surface area contributed by atoms with E-state index in [2.05, 4.69) is 67.7 Å². The summed E-state index contributed by atoms with van der Waals surface area (Å²) in [6.07, 6.45) is 3.18. The third-order valence-electron chi connectivity index (χ3n) is 5.81. The van der Waals surface area contributed by atoms with Gasteiger partial charge in [-0.15, -0.1) is 24.0 Å². The molecule has 0 radical (unpaired) electrons. The average molecular weight is 551 g/mol. The van der Waals surface area contributed by atoms with Crippen LogP contribution in [0.1, 0.15) is 24.0 Å². The molecule has 1 atom stereocenters. The van der Waals surface area contributed by atoms with Crippen molar-refractivity contribution in [3.05, 3.63) is 60.2 Å². The maximum Gasteiger partial charge on any atom is 0.191 e. The first-order valence-electron chi connectivity index (χ1n) is 11.1. The van der Waals surface area contributed by atoms with E-state index in [1.54, 1.807) is 0 Å². The van der Waals surface area contributed by atoms with Crippen molar-refractivity contribution in [2.24, 2.45) is 4.99 Å². The molecule has 1 aliphatic heterocycles. The molecule has 1 aliphatic rings. The fraction of sp³-hybridized carbons (Fsp3) is 0.458. The lowest BCUT2D eigenvalue weighted by Crippen LogP contribution is -2.46. The molecule has 7 nitrogen and oxygen atoms in total. The Kier molecular flexibility index (Phi) is 9.43. The first-order chi connectivity index (χ1) is 15.2. The maximum atomic E-state index is 5.95. The summed E-state index contributed by atoms with van der Waals surface area (Å²) in [5.74, 6) is 2.74. The number of morpholine rings is 1. The first kappa shape index (κ1) is 24.6. The van der Waals surface area contributed by atoms with Gasteiger partial charge in [-0.3, -0.25) is 9.89 Å². The predicted molar refractivity (Wildman–Crippen MR) is 140 cm³/mol. The number of hydrogen-bond donors (Lipinski definition) is 2. The number of furan rings is 1. The van der Waals surface area contributed by atoms with Crippen LogP contribution in [-0.4, -0.2) is 61.9 Å². The molecule has 2 aromatic heterocycles. The monoisotopic (exact) mass is 551 g/mol. The van der Waals surface area contributed by atoms with E-state index in [1.807, 2.05) is 20.0 Å². The highest BCUT2D eigenvalue weighted by molar-refractivity contribution is 14.0. The number of hydrogen-bond acceptors (Lipinski definition) is 4. The van der Waals surface area contributed by atoms with Crippen molar-refractivity contribution in [2.45, 2.75) is 25.9 Å². The van der Waals surface area contributed by atoms with Gasteiger partial charge in [0.1, 0.15) is 11.5 Å². The maximum absolute atomic E-state index is 5.95. The van der Waals surface area contributed by atoms with Crippen LogP contribution < -0.4 is 10.6 Å². The van der Waals surface area contributed by atoms with E-state index in [4.69, 9.17) is 9.15 Å². The number of benzene rings is 1. The van der Waals surface area contributed by atoms with Crippen LogP contribution in [0.25, 0.3) is 10.9 Å². The van der Waals surface area contributed by atoms with Crippen molar-refractivity contribution in [3.8, 4) is 0 Å². The highest BCUT2D eigenvalue weighted by Gasteiger charge is 2.25. The summed E-state index contributed by atoms with van der Waals surface area (Å²) < 4.78 is 13.8. The van der Waals surface area contributed by atoms with Crippen LogP contribution in [-0.2, 0) is 11.3 Å². The van der Waals surface area contributed by atoms with E-state index in [0.717, 1.165) is 69.8 Å². The number of nitrogens with zero attached hydrogens (tertiary/aromatic N) is 3. The second-order valence-corrected chi connectivity index (χ2v) is 7.91. The summed E-state index contributed by atoms with van der Waals surface area (Å²) in [4.78, 5) is 6.82. The third-order valence-corrected chi connectivity index (χ3v) is 5.81. The smallest absolute Gasteiger partial charge is 0.191 e. The van der Waals surface area contributed by atoms with E-state index in [-0.39, 0.29) is 30.0 Å². The quantitative estimate of drug-likeness (QED) is 0.193. The molecule has 32 heavy (non-hydrogen) atoms. The molecule has 1 aromatic carbocycles. The molecule has 4 rings (SSSR count). The Balaban J connectivity index is 0.00000289. The van der Waals surface area contributed by atoms with Gasteiger partial charge in [-0.05, 0) is 43.0 Å². The zero-order valence-corrected chi connectivity index (χ0v) is 21.2. The van der Waals surface area contributed by atoms with Gasteiger partial charge in [-0.25, -0.2) is 0 Å². The number of guanidine groups is 1. The van der Waals surface area contributed by atoms with Crippen LogP contribution in [0.3, 0.4) is 0 Å². The highest BCUT2D eigenvalue weighted by Crippen LogP contribution is 2.23. The summed E-state index contributed by atoms with van der Waals surface area (Å²) in [6.45, 7) is 7.88. The average Bonchev–Trinajstić information content (AvgIpc) is 3.42. The topological polar surface area (TPSA) is 67.0 Å². The van der Waals surface area contributed by atoms with Crippen LogP contribution in [0.5, 0.6) is 0 Å². The lowest BCUT2D eigenvalue weighted by Gasteiger charge is -2.33. The molecule has 1 saturated heterocycles. The summed E-state index contributed by atoms with van der Waals surface area (Å²) >= 11 is 0. The molecule has 0 bridgehead atoms. The Bertz CT molecular complexity index is 993. The fourth-order valence-electron chi connectivity index (χ4n) is 4.14. The van der Waals surface area contributed by atoms with Gasteiger partial charge >= 0.3 is 0 Å². The molecule has 0 amide bonds. The van der Waals surface area contributed by atoms with Gasteiger partial charge in [-0.2, -0.15) is 0 Å². The van der Waals surface area contributed by atoms with Gasteiger partial charge in [0.2, 0.25) is 0 Å². The van der Waals surface area contributed by atoms with Gasteiger partial charge in [0.15, 0.2) is 5.96 Å². The summed E-state index contributed by atoms with van der Waals surface area (Å²) in [5, 5.41) is 8.22.